The highest BCUT2D eigenvalue weighted by Crippen LogP contribution is 2.22. The summed E-state index contributed by atoms with van der Waals surface area (Å²) >= 11 is 1.51. The molecule has 142 valence electrons. The third kappa shape index (κ3) is 4.32. The zero-order valence-electron chi connectivity index (χ0n) is 14.5. The van der Waals surface area contributed by atoms with Crippen LogP contribution in [-0.4, -0.2) is 21.1 Å². The molecular formula is C19H14FN3O4S. The van der Waals surface area contributed by atoms with Crippen LogP contribution in [0.4, 0.5) is 4.39 Å². The Morgan fingerprint density at radius 1 is 1.18 bits per heavy atom. The fourth-order valence-electron chi connectivity index (χ4n) is 2.40. The van der Waals surface area contributed by atoms with Crippen LogP contribution in [0, 0.1) is 5.82 Å². The van der Waals surface area contributed by atoms with Crippen LogP contribution in [0.5, 0.6) is 0 Å². The lowest BCUT2D eigenvalue weighted by molar-refractivity contribution is -0.145. The Morgan fingerprint density at radius 2 is 2.04 bits per heavy atom. The van der Waals surface area contributed by atoms with Gasteiger partial charge in [0.25, 0.3) is 0 Å². The van der Waals surface area contributed by atoms with Crippen LogP contribution in [0.15, 0.2) is 57.0 Å². The Morgan fingerprint density at radius 3 is 2.82 bits per heavy atom. The third-order valence-corrected chi connectivity index (χ3v) is 4.64. The van der Waals surface area contributed by atoms with Gasteiger partial charge in [0.15, 0.2) is 0 Å². The van der Waals surface area contributed by atoms with Crippen molar-refractivity contribution in [3.8, 4) is 22.2 Å². The zero-order chi connectivity index (χ0) is 19.3. The smallest absolute Gasteiger partial charge is 0.306 e. The summed E-state index contributed by atoms with van der Waals surface area (Å²) < 4.78 is 28.6. The Bertz CT molecular complexity index is 1060. The SMILES string of the molecule is O=C(CCc1nc(-c2cccs2)no1)OCc1coc(-c2ccc(F)cc2)n1. The number of carbonyl (C=O) groups is 1. The normalized spacial score (nSPS) is 10.9. The van der Waals surface area contributed by atoms with E-state index in [1.165, 1.54) is 29.7 Å². The van der Waals surface area contributed by atoms with E-state index in [0.717, 1.165) is 4.88 Å². The fraction of sp³-hybridized carbons (Fsp3) is 0.158. The molecule has 9 heteroatoms. The predicted octanol–water partition coefficient (Wildman–Crippen LogP) is 4.27. The highest BCUT2D eigenvalue weighted by atomic mass is 32.1. The number of aryl methyl sites for hydroxylation is 1. The van der Waals surface area contributed by atoms with E-state index in [1.54, 1.807) is 12.1 Å². The molecule has 7 nitrogen and oxygen atoms in total. The van der Waals surface area contributed by atoms with Gasteiger partial charge in [-0.05, 0) is 35.7 Å². The number of hydrogen-bond donors (Lipinski definition) is 0. The molecule has 0 aliphatic rings. The molecule has 0 saturated heterocycles. The molecule has 4 aromatic rings. The van der Waals surface area contributed by atoms with Gasteiger partial charge in [0.1, 0.15) is 24.4 Å². The van der Waals surface area contributed by atoms with Gasteiger partial charge in [-0.25, -0.2) is 9.37 Å². The molecule has 0 radical (unpaired) electrons. The van der Waals surface area contributed by atoms with Crippen molar-refractivity contribution in [2.45, 2.75) is 19.4 Å². The molecule has 3 heterocycles. The van der Waals surface area contributed by atoms with Crippen molar-refractivity contribution in [3.05, 3.63) is 65.4 Å². The predicted molar refractivity (Wildman–Crippen MR) is 97.6 cm³/mol. The summed E-state index contributed by atoms with van der Waals surface area (Å²) in [5.74, 6) is 0.461. The molecule has 0 saturated carbocycles. The quantitative estimate of drug-likeness (QED) is 0.429. The first-order valence-electron chi connectivity index (χ1n) is 8.40. The minimum Gasteiger partial charge on any atom is -0.459 e. The number of nitrogens with zero attached hydrogens (tertiary/aromatic N) is 3. The molecule has 0 atom stereocenters. The number of carbonyl (C=O) groups excluding carboxylic acids is 1. The van der Waals surface area contributed by atoms with E-state index in [-0.39, 0.29) is 25.3 Å². The largest absolute Gasteiger partial charge is 0.459 e. The second-order valence-corrected chi connectivity index (χ2v) is 6.75. The van der Waals surface area contributed by atoms with Crippen molar-refractivity contribution < 1.29 is 22.9 Å². The summed E-state index contributed by atoms with van der Waals surface area (Å²) in [4.78, 5) is 21.3. The average molecular weight is 399 g/mol. The Kier molecular flexibility index (Phi) is 5.24. The lowest BCUT2D eigenvalue weighted by atomic mass is 10.2. The molecule has 0 unspecified atom stereocenters. The van der Waals surface area contributed by atoms with Gasteiger partial charge >= 0.3 is 5.97 Å². The number of esters is 1. The van der Waals surface area contributed by atoms with E-state index in [4.69, 9.17) is 13.7 Å². The first-order valence-corrected chi connectivity index (χ1v) is 9.28. The lowest BCUT2D eigenvalue weighted by Gasteiger charge is -2.00. The van der Waals surface area contributed by atoms with Gasteiger partial charge in [-0.15, -0.1) is 11.3 Å². The molecule has 3 aromatic heterocycles. The summed E-state index contributed by atoms with van der Waals surface area (Å²) in [6.45, 7) is -0.0200. The third-order valence-electron chi connectivity index (χ3n) is 3.78. The van der Waals surface area contributed by atoms with Crippen LogP contribution in [0.2, 0.25) is 0 Å². The second-order valence-electron chi connectivity index (χ2n) is 5.80. The fourth-order valence-corrected chi connectivity index (χ4v) is 3.05. The summed E-state index contributed by atoms with van der Waals surface area (Å²) in [5, 5.41) is 5.82. The van der Waals surface area contributed by atoms with Crippen LogP contribution < -0.4 is 0 Å². The van der Waals surface area contributed by atoms with Gasteiger partial charge in [0, 0.05) is 12.0 Å². The van der Waals surface area contributed by atoms with E-state index in [1.807, 2.05) is 17.5 Å². The number of halogens is 1. The highest BCUT2D eigenvalue weighted by Gasteiger charge is 2.13. The van der Waals surface area contributed by atoms with Crippen molar-refractivity contribution in [1.29, 1.82) is 0 Å². The molecule has 0 amide bonds. The van der Waals surface area contributed by atoms with Gasteiger partial charge in [0.2, 0.25) is 17.6 Å². The van der Waals surface area contributed by atoms with E-state index in [2.05, 4.69) is 15.1 Å². The molecule has 0 bridgehead atoms. The number of rotatable bonds is 7. The van der Waals surface area contributed by atoms with Crippen LogP contribution in [0.1, 0.15) is 18.0 Å². The van der Waals surface area contributed by atoms with Crippen molar-refractivity contribution in [3.63, 3.8) is 0 Å². The molecule has 28 heavy (non-hydrogen) atoms. The lowest BCUT2D eigenvalue weighted by Crippen LogP contribution is -2.06. The number of hydrogen-bond acceptors (Lipinski definition) is 8. The Hall–Kier alpha value is -3.33. The van der Waals surface area contributed by atoms with Crippen molar-refractivity contribution in [2.75, 3.05) is 0 Å². The van der Waals surface area contributed by atoms with Crippen LogP contribution >= 0.6 is 11.3 Å². The minimum atomic E-state index is -0.415. The van der Waals surface area contributed by atoms with E-state index < -0.39 is 5.97 Å². The van der Waals surface area contributed by atoms with Crippen molar-refractivity contribution in [1.82, 2.24) is 15.1 Å². The molecule has 1 aromatic carbocycles. The average Bonchev–Trinajstić information content (AvgIpc) is 3.46. The molecule has 0 fully saturated rings. The summed E-state index contributed by atoms with van der Waals surface area (Å²) in [6.07, 6.45) is 1.79. The number of aromatic nitrogens is 3. The number of oxazole rings is 1. The number of ether oxygens (including phenoxy) is 1. The van der Waals surface area contributed by atoms with Gasteiger partial charge in [-0.3, -0.25) is 4.79 Å². The van der Waals surface area contributed by atoms with E-state index in [9.17, 15) is 9.18 Å². The van der Waals surface area contributed by atoms with Gasteiger partial charge in [-0.2, -0.15) is 4.98 Å². The molecule has 0 aliphatic carbocycles. The van der Waals surface area contributed by atoms with Gasteiger partial charge < -0.3 is 13.7 Å². The molecule has 0 N–H and O–H groups in total. The molecule has 4 rings (SSSR count). The number of thiophene rings is 1. The second kappa shape index (κ2) is 8.13. The van der Waals surface area contributed by atoms with E-state index >= 15 is 0 Å². The monoisotopic (exact) mass is 399 g/mol. The molecular weight excluding hydrogens is 385 g/mol. The summed E-state index contributed by atoms with van der Waals surface area (Å²) in [5.41, 5.74) is 1.10. The molecule has 0 aliphatic heterocycles. The standard InChI is InChI=1S/C19H14FN3O4S/c20-13-5-3-12(4-6-13)19-21-14(11-26-19)10-25-17(24)8-7-16-22-18(23-27-16)15-2-1-9-28-15/h1-6,9,11H,7-8,10H2. The van der Waals surface area contributed by atoms with Crippen molar-refractivity contribution >= 4 is 17.3 Å². The summed E-state index contributed by atoms with van der Waals surface area (Å²) in [7, 11) is 0. The van der Waals surface area contributed by atoms with Crippen LogP contribution in [-0.2, 0) is 22.6 Å². The highest BCUT2D eigenvalue weighted by molar-refractivity contribution is 7.13. The molecule has 0 spiro atoms. The number of benzene rings is 1. The zero-order valence-corrected chi connectivity index (χ0v) is 15.3. The van der Waals surface area contributed by atoms with Gasteiger partial charge in [-0.1, -0.05) is 11.2 Å². The Balaban J connectivity index is 1.26. The van der Waals surface area contributed by atoms with Crippen LogP contribution in [0.25, 0.3) is 22.2 Å². The first kappa shape index (κ1) is 18.1. The van der Waals surface area contributed by atoms with E-state index in [0.29, 0.717) is 28.9 Å². The first-order chi connectivity index (χ1) is 13.7. The summed E-state index contributed by atoms with van der Waals surface area (Å²) in [6, 6.07) is 9.56. The Labute approximate surface area is 162 Å². The topological polar surface area (TPSA) is 91.2 Å². The van der Waals surface area contributed by atoms with Crippen molar-refractivity contribution in [2.24, 2.45) is 0 Å². The maximum Gasteiger partial charge on any atom is 0.306 e. The van der Waals surface area contributed by atoms with Crippen LogP contribution in [0.3, 0.4) is 0 Å². The minimum absolute atomic E-state index is 0.0200. The van der Waals surface area contributed by atoms with Gasteiger partial charge in [0.05, 0.1) is 11.3 Å². The maximum absolute atomic E-state index is 13.0. The maximum atomic E-state index is 13.0.